The SMILES string of the molecule is CC1C=CC(C)N1C(=O)c1ccc(Cl)cc1S(=O)(=O)Nc1csnn1. The van der Waals surface area contributed by atoms with E-state index in [-0.39, 0.29) is 39.3 Å². The Morgan fingerprint density at radius 1 is 1.28 bits per heavy atom. The highest BCUT2D eigenvalue weighted by molar-refractivity contribution is 7.92. The zero-order valence-corrected chi connectivity index (χ0v) is 15.8. The van der Waals surface area contributed by atoms with Gasteiger partial charge in [0.05, 0.1) is 10.9 Å². The molecule has 1 N–H and O–H groups in total. The normalized spacial score (nSPS) is 20.0. The number of nitrogens with one attached hydrogen (secondary N) is 1. The molecule has 2 aromatic rings. The number of carbonyl (C=O) groups is 1. The predicted octanol–water partition coefficient (Wildman–Crippen LogP) is 2.78. The van der Waals surface area contributed by atoms with Crippen LogP contribution in [0.5, 0.6) is 0 Å². The van der Waals surface area contributed by atoms with Crippen LogP contribution in [0, 0.1) is 0 Å². The van der Waals surface area contributed by atoms with E-state index in [1.807, 2.05) is 26.0 Å². The van der Waals surface area contributed by atoms with Crippen LogP contribution >= 0.6 is 23.1 Å². The monoisotopic (exact) mass is 398 g/mol. The van der Waals surface area contributed by atoms with Crippen molar-refractivity contribution in [2.75, 3.05) is 4.72 Å². The van der Waals surface area contributed by atoms with Gasteiger partial charge in [-0.3, -0.25) is 9.52 Å². The molecule has 1 amide bonds. The molecule has 7 nitrogen and oxygen atoms in total. The molecule has 1 aromatic heterocycles. The van der Waals surface area contributed by atoms with Crippen molar-refractivity contribution in [3.8, 4) is 0 Å². The topological polar surface area (TPSA) is 92.3 Å². The molecule has 1 aliphatic rings. The summed E-state index contributed by atoms with van der Waals surface area (Å²) in [5.41, 5.74) is 0.0579. The van der Waals surface area contributed by atoms with Crippen LogP contribution < -0.4 is 4.72 Å². The minimum atomic E-state index is -4.04. The highest BCUT2D eigenvalue weighted by Crippen LogP contribution is 2.27. The molecule has 0 radical (unpaired) electrons. The fourth-order valence-corrected chi connectivity index (χ4v) is 4.60. The number of carbonyl (C=O) groups excluding carboxylic acids is 1. The second kappa shape index (κ2) is 6.74. The van der Waals surface area contributed by atoms with Gasteiger partial charge in [-0.25, -0.2) is 8.42 Å². The summed E-state index contributed by atoms with van der Waals surface area (Å²) in [6, 6.07) is 3.94. The van der Waals surface area contributed by atoms with Crippen LogP contribution in [-0.2, 0) is 10.0 Å². The molecule has 0 saturated carbocycles. The first-order chi connectivity index (χ1) is 11.8. The van der Waals surface area contributed by atoms with Gasteiger partial charge in [-0.1, -0.05) is 28.2 Å². The summed E-state index contributed by atoms with van der Waals surface area (Å²) >= 11 is 6.98. The van der Waals surface area contributed by atoms with Crippen molar-refractivity contribution < 1.29 is 13.2 Å². The quantitative estimate of drug-likeness (QED) is 0.799. The number of halogens is 1. The molecule has 2 unspecified atom stereocenters. The van der Waals surface area contributed by atoms with Gasteiger partial charge in [0.15, 0.2) is 5.82 Å². The first-order valence-electron chi connectivity index (χ1n) is 7.40. The van der Waals surface area contributed by atoms with E-state index in [1.54, 1.807) is 4.90 Å². The lowest BCUT2D eigenvalue weighted by atomic mass is 10.1. The molecule has 0 bridgehead atoms. The van der Waals surface area contributed by atoms with Gasteiger partial charge >= 0.3 is 0 Å². The third-order valence-corrected chi connectivity index (χ3v) is 5.98. The lowest BCUT2D eigenvalue weighted by molar-refractivity contribution is 0.0705. The number of benzene rings is 1. The van der Waals surface area contributed by atoms with E-state index >= 15 is 0 Å². The van der Waals surface area contributed by atoms with Crippen molar-refractivity contribution in [2.45, 2.75) is 30.8 Å². The van der Waals surface area contributed by atoms with Gasteiger partial charge in [-0.2, -0.15) is 0 Å². The smallest absolute Gasteiger partial charge is 0.263 e. The molecule has 25 heavy (non-hydrogen) atoms. The Morgan fingerprint density at radius 3 is 2.56 bits per heavy atom. The van der Waals surface area contributed by atoms with Crippen molar-refractivity contribution in [3.63, 3.8) is 0 Å². The summed E-state index contributed by atoms with van der Waals surface area (Å²) in [7, 11) is -4.04. The fourth-order valence-electron chi connectivity index (χ4n) is 2.68. The van der Waals surface area contributed by atoms with Gasteiger partial charge in [0.25, 0.3) is 15.9 Å². The number of hydrogen-bond acceptors (Lipinski definition) is 6. The summed E-state index contributed by atoms with van der Waals surface area (Å²) in [5.74, 6) is -0.286. The average molecular weight is 399 g/mol. The molecule has 132 valence electrons. The zero-order valence-electron chi connectivity index (χ0n) is 13.4. The van der Waals surface area contributed by atoms with Crippen LogP contribution in [0.4, 0.5) is 5.82 Å². The van der Waals surface area contributed by atoms with Gasteiger partial charge in [-0.15, -0.1) is 5.10 Å². The highest BCUT2D eigenvalue weighted by atomic mass is 35.5. The Morgan fingerprint density at radius 2 is 1.96 bits per heavy atom. The van der Waals surface area contributed by atoms with Crippen LogP contribution in [0.15, 0.2) is 40.6 Å². The van der Waals surface area contributed by atoms with E-state index in [0.29, 0.717) is 0 Å². The Kier molecular flexibility index (Phi) is 4.81. The van der Waals surface area contributed by atoms with Crippen molar-refractivity contribution in [1.82, 2.24) is 14.5 Å². The third kappa shape index (κ3) is 3.53. The molecule has 2 atom stereocenters. The van der Waals surface area contributed by atoms with Gasteiger partial charge in [0, 0.05) is 17.1 Å². The molecule has 10 heteroatoms. The molecule has 1 aromatic carbocycles. The van der Waals surface area contributed by atoms with E-state index in [0.717, 1.165) is 11.5 Å². The van der Waals surface area contributed by atoms with Crippen LogP contribution in [0.3, 0.4) is 0 Å². The summed E-state index contributed by atoms with van der Waals surface area (Å²) in [6.45, 7) is 3.75. The molecular formula is C15H15ClN4O3S2. The summed E-state index contributed by atoms with van der Waals surface area (Å²) in [6.07, 6.45) is 3.82. The molecular weight excluding hydrogens is 384 g/mol. The average Bonchev–Trinajstić information content (AvgIpc) is 3.16. The van der Waals surface area contributed by atoms with Gasteiger partial charge in [0.2, 0.25) is 0 Å². The van der Waals surface area contributed by atoms with Crippen LogP contribution in [0.25, 0.3) is 0 Å². The van der Waals surface area contributed by atoms with E-state index in [1.165, 1.54) is 23.6 Å². The van der Waals surface area contributed by atoms with Crippen LogP contribution in [0.1, 0.15) is 24.2 Å². The molecule has 0 aliphatic carbocycles. The summed E-state index contributed by atoms with van der Waals surface area (Å²) in [5, 5.41) is 5.34. The maximum absolute atomic E-state index is 13.0. The highest BCUT2D eigenvalue weighted by Gasteiger charge is 2.32. The maximum atomic E-state index is 13.0. The first kappa shape index (κ1) is 17.8. The second-order valence-corrected chi connectivity index (χ2v) is 8.31. The van der Waals surface area contributed by atoms with E-state index in [2.05, 4.69) is 14.3 Å². The van der Waals surface area contributed by atoms with Crippen LogP contribution in [-0.4, -0.2) is 40.9 Å². The summed E-state index contributed by atoms with van der Waals surface area (Å²) in [4.78, 5) is 14.4. The number of hydrogen-bond donors (Lipinski definition) is 1. The number of sulfonamides is 1. The van der Waals surface area contributed by atoms with Crippen molar-refractivity contribution in [2.24, 2.45) is 0 Å². The summed E-state index contributed by atoms with van der Waals surface area (Å²) < 4.78 is 31.4. The molecule has 3 rings (SSSR count). The minimum absolute atomic E-state index is 0.0579. The Hall–Kier alpha value is -1.97. The fraction of sp³-hybridized carbons (Fsp3) is 0.267. The molecule has 0 fully saturated rings. The van der Waals surface area contributed by atoms with E-state index in [9.17, 15) is 13.2 Å². The van der Waals surface area contributed by atoms with E-state index < -0.39 is 10.0 Å². The van der Waals surface area contributed by atoms with Crippen LogP contribution in [0.2, 0.25) is 5.02 Å². The van der Waals surface area contributed by atoms with Gasteiger partial charge < -0.3 is 4.90 Å². The minimum Gasteiger partial charge on any atom is -0.326 e. The van der Waals surface area contributed by atoms with Gasteiger partial charge in [-0.05, 0) is 43.6 Å². The Balaban J connectivity index is 2.03. The predicted molar refractivity (Wildman–Crippen MR) is 96.4 cm³/mol. The Bertz CT molecular complexity index is 916. The van der Waals surface area contributed by atoms with Crippen molar-refractivity contribution in [3.05, 3.63) is 46.3 Å². The Labute approximate surface area is 154 Å². The molecule has 0 saturated heterocycles. The van der Waals surface area contributed by atoms with Crippen molar-refractivity contribution >= 4 is 44.9 Å². The first-order valence-corrected chi connectivity index (χ1v) is 10.1. The largest absolute Gasteiger partial charge is 0.326 e. The second-order valence-electron chi connectivity index (χ2n) is 5.61. The van der Waals surface area contributed by atoms with E-state index in [4.69, 9.17) is 11.6 Å². The lowest BCUT2D eigenvalue weighted by Crippen LogP contribution is -2.40. The standard InChI is InChI=1S/C15H15ClN4O3S2/c1-9-3-4-10(2)20(9)15(21)12-6-5-11(16)7-13(12)25(22,23)18-14-8-24-19-17-14/h3-10,18H,1-2H3. The number of anilines is 1. The third-order valence-electron chi connectivity index (χ3n) is 3.84. The maximum Gasteiger partial charge on any atom is 0.263 e. The zero-order chi connectivity index (χ0) is 18.2. The molecule has 2 heterocycles. The molecule has 1 aliphatic heterocycles. The number of aromatic nitrogens is 2. The number of rotatable bonds is 4. The lowest BCUT2D eigenvalue weighted by Gasteiger charge is -2.27. The number of nitrogens with zero attached hydrogens (tertiary/aromatic N) is 3. The molecule has 0 spiro atoms. The van der Waals surface area contributed by atoms with Gasteiger partial charge in [0.1, 0.15) is 4.90 Å². The van der Waals surface area contributed by atoms with Crippen molar-refractivity contribution in [1.29, 1.82) is 0 Å². The number of amides is 1.